The van der Waals surface area contributed by atoms with E-state index in [4.69, 9.17) is 0 Å². The van der Waals surface area contributed by atoms with Crippen molar-refractivity contribution in [1.82, 2.24) is 0 Å². The number of benzene rings is 1. The van der Waals surface area contributed by atoms with E-state index in [1.165, 1.54) is 3.57 Å². The minimum atomic E-state index is -0.106. The lowest BCUT2D eigenvalue weighted by Crippen LogP contribution is -2.07. The highest BCUT2D eigenvalue weighted by Crippen LogP contribution is 2.14. The Morgan fingerprint density at radius 2 is 2.00 bits per heavy atom. The van der Waals surface area contributed by atoms with Crippen molar-refractivity contribution in [2.75, 3.05) is 0 Å². The maximum absolute atomic E-state index is 4.16. The smallest absolute Gasteiger partial charge is 0.0954 e. The molecular weight excluding hydrogens is 287 g/mol. The van der Waals surface area contributed by atoms with Crippen molar-refractivity contribution in [3.05, 3.63) is 27.8 Å². The fourth-order valence-electron chi connectivity index (χ4n) is 0.778. The van der Waals surface area contributed by atoms with Gasteiger partial charge in [-0.1, -0.05) is 6.07 Å². The van der Waals surface area contributed by atoms with E-state index >= 15 is 0 Å². The normalized spacial score (nSPS) is 10.6. The van der Waals surface area contributed by atoms with Gasteiger partial charge in [0.2, 0.25) is 0 Å². The van der Waals surface area contributed by atoms with Crippen LogP contribution < -0.4 is 0 Å². The predicted molar refractivity (Wildman–Crippen MR) is 68.4 cm³/mol. The van der Waals surface area contributed by atoms with Gasteiger partial charge in [-0.05, 0) is 61.6 Å². The summed E-state index contributed by atoms with van der Waals surface area (Å²) in [5, 5.41) is 0. The third-order valence-corrected chi connectivity index (χ3v) is 2.04. The topological polar surface area (TPSA) is 24.7 Å². The van der Waals surface area contributed by atoms with E-state index in [0.29, 0.717) is 0 Å². The molecule has 3 heteroatoms. The van der Waals surface area contributed by atoms with Crippen molar-refractivity contribution in [1.29, 1.82) is 0 Å². The van der Waals surface area contributed by atoms with Gasteiger partial charge in [0.1, 0.15) is 0 Å². The summed E-state index contributed by atoms with van der Waals surface area (Å²) in [5.74, 6) is 0. The highest BCUT2D eigenvalue weighted by Gasteiger charge is 2.04. The number of rotatable bonds is 1. The third-order valence-electron chi connectivity index (χ3n) is 1.37. The molecule has 0 aliphatic heterocycles. The Kier molecular flexibility index (Phi) is 3.84. The van der Waals surface area contributed by atoms with E-state index in [9.17, 15) is 0 Å². The van der Waals surface area contributed by atoms with Crippen LogP contribution in [0.3, 0.4) is 0 Å². The Hall–Kier alpha value is -0.670. The molecule has 0 N–H and O–H groups in total. The van der Waals surface area contributed by atoms with Gasteiger partial charge in [0.15, 0.2) is 0 Å². The zero-order valence-electron chi connectivity index (χ0n) is 8.58. The van der Waals surface area contributed by atoms with E-state index in [2.05, 4.69) is 38.6 Å². The molecule has 1 aromatic rings. The second-order valence-corrected chi connectivity index (χ2v) is 5.22. The van der Waals surface area contributed by atoms with Crippen molar-refractivity contribution in [3.63, 3.8) is 0 Å². The fraction of sp³-hybridized carbons (Fsp3) is 0.364. The number of hydrogen-bond donors (Lipinski definition) is 0. The summed E-state index contributed by atoms with van der Waals surface area (Å²) < 4.78 is 1.17. The Balaban J connectivity index is 2.84. The first-order chi connectivity index (χ1) is 6.47. The van der Waals surface area contributed by atoms with E-state index in [0.717, 1.165) is 5.69 Å². The molecule has 0 fully saturated rings. The number of nitrogens with zero attached hydrogens (tertiary/aromatic N) is 2. The summed E-state index contributed by atoms with van der Waals surface area (Å²) in [6.45, 7) is 6.05. The maximum Gasteiger partial charge on any atom is 0.0954 e. The lowest BCUT2D eigenvalue weighted by Gasteiger charge is -2.06. The summed E-state index contributed by atoms with van der Waals surface area (Å²) in [7, 11) is 0. The van der Waals surface area contributed by atoms with Gasteiger partial charge in [-0.3, -0.25) is 0 Å². The van der Waals surface area contributed by atoms with Gasteiger partial charge in [0.25, 0.3) is 0 Å². The van der Waals surface area contributed by atoms with Crippen molar-refractivity contribution < 1.29 is 0 Å². The van der Waals surface area contributed by atoms with Crippen molar-refractivity contribution in [2.45, 2.75) is 26.3 Å². The first kappa shape index (κ1) is 11.4. The Bertz CT molecular complexity index is 371. The molecular formula is C11H13IN2. The van der Waals surface area contributed by atoms with E-state index in [1.54, 1.807) is 0 Å². The summed E-state index contributed by atoms with van der Waals surface area (Å²) in [6, 6.07) is 10.6. The maximum atomic E-state index is 4.16. The Morgan fingerprint density at radius 1 is 1.29 bits per heavy atom. The highest BCUT2D eigenvalue weighted by molar-refractivity contribution is 14.1. The quantitative estimate of drug-likeness (QED) is 0.555. The summed E-state index contributed by atoms with van der Waals surface area (Å²) >= 11 is 2.25. The monoisotopic (exact) mass is 300 g/mol. The summed E-state index contributed by atoms with van der Waals surface area (Å²) in [4.78, 5) is 8.29. The van der Waals surface area contributed by atoms with Gasteiger partial charge in [-0.15, -0.1) is 0 Å². The zero-order chi connectivity index (χ0) is 10.6. The average Bonchev–Trinajstić information content (AvgIpc) is 2.01. The van der Waals surface area contributed by atoms with Crippen LogP contribution >= 0.6 is 22.6 Å². The molecule has 1 rings (SSSR count). The largest absolute Gasteiger partial charge is 0.219 e. The Labute approximate surface area is 98.3 Å². The molecule has 0 bridgehead atoms. The molecule has 0 radical (unpaired) electrons. The molecule has 2 nitrogen and oxygen atoms in total. The highest BCUT2D eigenvalue weighted by atomic mass is 127. The number of aliphatic imine (C=N–C) groups is 2. The second-order valence-electron chi connectivity index (χ2n) is 3.97. The van der Waals surface area contributed by atoms with Crippen molar-refractivity contribution in [3.8, 4) is 0 Å². The molecule has 0 saturated carbocycles. The van der Waals surface area contributed by atoms with E-state index in [1.807, 2.05) is 45.0 Å². The summed E-state index contributed by atoms with van der Waals surface area (Å²) in [5.41, 5.74) is 0.788. The van der Waals surface area contributed by atoms with E-state index < -0.39 is 0 Å². The van der Waals surface area contributed by atoms with Gasteiger partial charge in [0, 0.05) is 3.57 Å². The molecule has 14 heavy (non-hydrogen) atoms. The Morgan fingerprint density at radius 3 is 2.57 bits per heavy atom. The molecule has 0 spiro atoms. The summed E-state index contributed by atoms with van der Waals surface area (Å²) in [6.07, 6.45) is 0. The van der Waals surface area contributed by atoms with E-state index in [-0.39, 0.29) is 5.54 Å². The van der Waals surface area contributed by atoms with Crippen molar-refractivity contribution in [2.24, 2.45) is 9.98 Å². The van der Waals surface area contributed by atoms with Gasteiger partial charge >= 0.3 is 0 Å². The van der Waals surface area contributed by atoms with Crippen LogP contribution in [0.5, 0.6) is 0 Å². The molecule has 0 amide bonds. The minimum absolute atomic E-state index is 0.106. The van der Waals surface area contributed by atoms with Crippen LogP contribution in [0.2, 0.25) is 0 Å². The first-order valence-electron chi connectivity index (χ1n) is 4.40. The van der Waals surface area contributed by atoms with Gasteiger partial charge in [-0.25, -0.2) is 4.99 Å². The van der Waals surface area contributed by atoms with Gasteiger partial charge < -0.3 is 0 Å². The van der Waals surface area contributed by atoms with Crippen molar-refractivity contribution >= 4 is 34.3 Å². The lowest BCUT2D eigenvalue weighted by atomic mass is 10.1. The molecule has 0 unspecified atom stereocenters. The lowest BCUT2D eigenvalue weighted by molar-refractivity contribution is 0.587. The molecule has 74 valence electrons. The van der Waals surface area contributed by atoms with Crippen LogP contribution in [0, 0.1) is 3.57 Å². The fourth-order valence-corrected chi connectivity index (χ4v) is 1.31. The van der Waals surface area contributed by atoms with Crippen LogP contribution in [0.4, 0.5) is 5.69 Å². The predicted octanol–water partition coefficient (Wildman–Crippen LogP) is 3.90. The molecule has 0 heterocycles. The first-order valence-corrected chi connectivity index (χ1v) is 5.48. The molecule has 0 saturated heterocycles. The van der Waals surface area contributed by atoms with Crippen LogP contribution in [0.25, 0.3) is 0 Å². The molecule has 0 atom stereocenters. The molecule has 0 aliphatic rings. The van der Waals surface area contributed by atoms with Gasteiger partial charge in [-0.2, -0.15) is 4.99 Å². The zero-order valence-corrected chi connectivity index (χ0v) is 10.7. The second kappa shape index (κ2) is 4.71. The molecule has 0 aromatic heterocycles. The molecule has 1 aromatic carbocycles. The van der Waals surface area contributed by atoms with Crippen LogP contribution in [0.15, 0.2) is 34.3 Å². The third kappa shape index (κ3) is 4.53. The minimum Gasteiger partial charge on any atom is -0.219 e. The molecule has 0 aliphatic carbocycles. The van der Waals surface area contributed by atoms with Crippen LogP contribution in [-0.4, -0.2) is 11.5 Å². The standard InChI is InChI=1S/C11H13IN2/c1-11(2,3)14-8-13-10-6-4-5-9(12)7-10/h4-7H,1-3H3. The van der Waals surface area contributed by atoms with Crippen LogP contribution in [0.1, 0.15) is 20.8 Å². The van der Waals surface area contributed by atoms with Gasteiger partial charge in [0.05, 0.1) is 17.2 Å². The number of hydrogen-bond acceptors (Lipinski definition) is 2. The van der Waals surface area contributed by atoms with Crippen LogP contribution in [-0.2, 0) is 0 Å². The number of halogens is 1. The average molecular weight is 300 g/mol. The SMILES string of the molecule is CC(C)(C)N=C=Nc1cccc(I)c1.